The summed E-state index contributed by atoms with van der Waals surface area (Å²) >= 11 is 1.51. The quantitative estimate of drug-likeness (QED) is 0.826. The molecule has 1 fully saturated rings. The predicted molar refractivity (Wildman–Crippen MR) is 63.3 cm³/mol. The highest BCUT2D eigenvalue weighted by Crippen LogP contribution is 2.31. The Morgan fingerprint density at radius 2 is 2.27 bits per heavy atom. The topological polar surface area (TPSA) is 55.1 Å². The fraction of sp³-hybridized carbons (Fsp3) is 0.545. The van der Waals surface area contributed by atoms with Crippen molar-refractivity contribution in [1.29, 1.82) is 0 Å². The number of nitrogens with two attached hydrogens (primary N) is 1. The molecule has 82 valence electrons. The lowest BCUT2D eigenvalue weighted by molar-refractivity contribution is 0.0951. The maximum atomic E-state index is 11.9. The van der Waals surface area contributed by atoms with E-state index in [1.165, 1.54) is 11.3 Å². The lowest BCUT2D eigenvalue weighted by atomic mass is 10.1. The molecule has 1 amide bonds. The number of carbonyl (C=O) groups is 1. The number of nitrogens with one attached hydrogen (secondary N) is 1. The molecule has 0 unspecified atom stereocenters. The van der Waals surface area contributed by atoms with Crippen LogP contribution in [0.25, 0.3) is 0 Å². The Kier molecular flexibility index (Phi) is 2.69. The molecule has 0 atom stereocenters. The van der Waals surface area contributed by atoms with Gasteiger partial charge in [0, 0.05) is 10.9 Å². The third-order valence-electron chi connectivity index (χ3n) is 2.73. The number of carbonyl (C=O) groups excluding carboxylic acids is 1. The van der Waals surface area contributed by atoms with Gasteiger partial charge in [0.05, 0.1) is 10.6 Å². The normalized spacial score (nSPS) is 15.3. The molecular weight excluding hydrogens is 208 g/mol. The average molecular weight is 224 g/mol. The van der Waals surface area contributed by atoms with Crippen LogP contribution in [0.2, 0.25) is 0 Å². The van der Waals surface area contributed by atoms with Crippen LogP contribution in [0.15, 0.2) is 0 Å². The monoisotopic (exact) mass is 224 g/mol. The van der Waals surface area contributed by atoms with Gasteiger partial charge >= 0.3 is 0 Å². The highest BCUT2D eigenvalue weighted by atomic mass is 32.1. The summed E-state index contributed by atoms with van der Waals surface area (Å²) in [5, 5.41) is 3.64. The van der Waals surface area contributed by atoms with Gasteiger partial charge in [0.15, 0.2) is 0 Å². The maximum Gasteiger partial charge on any atom is 0.254 e. The summed E-state index contributed by atoms with van der Waals surface area (Å²) in [4.78, 5) is 13.1. The number of hydrogen-bond acceptors (Lipinski definition) is 3. The fourth-order valence-electron chi connectivity index (χ4n) is 1.76. The lowest BCUT2D eigenvalue weighted by Gasteiger charge is -2.05. The van der Waals surface area contributed by atoms with Gasteiger partial charge in [-0.25, -0.2) is 0 Å². The molecule has 2 rings (SSSR count). The Hall–Kier alpha value is -1.03. The van der Waals surface area contributed by atoms with Crippen molar-refractivity contribution < 1.29 is 4.79 Å². The zero-order valence-corrected chi connectivity index (χ0v) is 9.91. The van der Waals surface area contributed by atoms with E-state index in [2.05, 4.69) is 12.2 Å². The third kappa shape index (κ3) is 2.00. The Labute approximate surface area is 93.7 Å². The van der Waals surface area contributed by atoms with E-state index in [0.29, 0.717) is 16.6 Å². The Balaban J connectivity index is 2.27. The molecule has 1 aromatic rings. The second-order valence-electron chi connectivity index (χ2n) is 3.98. The third-order valence-corrected chi connectivity index (χ3v) is 3.71. The van der Waals surface area contributed by atoms with E-state index in [-0.39, 0.29) is 5.91 Å². The number of hydrogen-bond donors (Lipinski definition) is 2. The summed E-state index contributed by atoms with van der Waals surface area (Å²) in [6, 6.07) is 0.391. The van der Waals surface area contributed by atoms with E-state index in [9.17, 15) is 4.79 Å². The molecule has 4 heteroatoms. The highest BCUT2D eigenvalue weighted by molar-refractivity contribution is 7.16. The van der Waals surface area contributed by atoms with Crippen LogP contribution >= 0.6 is 11.3 Å². The van der Waals surface area contributed by atoms with E-state index in [1.54, 1.807) is 0 Å². The number of nitrogen functional groups attached to an aromatic ring is 1. The first-order chi connectivity index (χ1) is 7.13. The zero-order chi connectivity index (χ0) is 11.0. The summed E-state index contributed by atoms with van der Waals surface area (Å²) in [6.45, 7) is 4.08. The number of anilines is 1. The number of amides is 1. The first-order valence-corrected chi connectivity index (χ1v) is 6.13. The van der Waals surface area contributed by atoms with Crippen molar-refractivity contribution in [2.45, 2.75) is 39.2 Å². The lowest BCUT2D eigenvalue weighted by Crippen LogP contribution is -2.26. The average Bonchev–Trinajstić information content (AvgIpc) is 2.91. The number of thiophene rings is 1. The van der Waals surface area contributed by atoms with Gasteiger partial charge in [0.2, 0.25) is 0 Å². The van der Waals surface area contributed by atoms with Gasteiger partial charge in [0.1, 0.15) is 0 Å². The van der Waals surface area contributed by atoms with E-state index in [1.807, 2.05) is 6.92 Å². The van der Waals surface area contributed by atoms with Crippen molar-refractivity contribution in [2.75, 3.05) is 5.73 Å². The van der Waals surface area contributed by atoms with Crippen LogP contribution in [0.5, 0.6) is 0 Å². The largest absolute Gasteiger partial charge is 0.390 e. The zero-order valence-electron chi connectivity index (χ0n) is 9.09. The molecule has 1 aromatic heterocycles. The predicted octanol–water partition coefficient (Wildman–Crippen LogP) is 2.09. The van der Waals surface area contributed by atoms with E-state index in [4.69, 9.17) is 5.73 Å². The molecule has 0 aromatic carbocycles. The highest BCUT2D eigenvalue weighted by Gasteiger charge is 2.27. The second-order valence-corrected chi connectivity index (χ2v) is 5.23. The second kappa shape index (κ2) is 3.85. The van der Waals surface area contributed by atoms with Crippen molar-refractivity contribution in [3.8, 4) is 0 Å². The molecule has 0 saturated heterocycles. The van der Waals surface area contributed by atoms with E-state index < -0.39 is 0 Å². The number of rotatable bonds is 3. The van der Waals surface area contributed by atoms with Crippen LogP contribution in [-0.4, -0.2) is 11.9 Å². The smallest absolute Gasteiger partial charge is 0.254 e. The summed E-state index contributed by atoms with van der Waals surface area (Å²) in [7, 11) is 0. The maximum absolute atomic E-state index is 11.9. The molecule has 15 heavy (non-hydrogen) atoms. The van der Waals surface area contributed by atoms with Crippen LogP contribution < -0.4 is 11.1 Å². The molecule has 3 N–H and O–H groups in total. The van der Waals surface area contributed by atoms with Gasteiger partial charge in [-0.1, -0.05) is 6.92 Å². The number of aryl methyl sites for hydroxylation is 1. The van der Waals surface area contributed by atoms with Gasteiger partial charge in [-0.3, -0.25) is 4.79 Å². The fourth-order valence-corrected chi connectivity index (χ4v) is 2.78. The molecule has 0 bridgehead atoms. The van der Waals surface area contributed by atoms with Crippen molar-refractivity contribution in [2.24, 2.45) is 0 Å². The van der Waals surface area contributed by atoms with Gasteiger partial charge in [-0.15, -0.1) is 11.3 Å². The van der Waals surface area contributed by atoms with Gasteiger partial charge in [-0.05, 0) is 31.7 Å². The minimum absolute atomic E-state index is 0.0104. The minimum Gasteiger partial charge on any atom is -0.390 e. The van der Waals surface area contributed by atoms with Crippen molar-refractivity contribution >= 4 is 22.2 Å². The van der Waals surface area contributed by atoms with Crippen molar-refractivity contribution in [1.82, 2.24) is 5.32 Å². The van der Waals surface area contributed by atoms with Crippen LogP contribution in [0.1, 0.15) is 40.6 Å². The van der Waals surface area contributed by atoms with Crippen LogP contribution in [0, 0.1) is 6.92 Å². The Bertz CT molecular complexity index is 394. The molecule has 0 aliphatic heterocycles. The van der Waals surface area contributed by atoms with Gasteiger partial charge < -0.3 is 11.1 Å². The molecule has 0 radical (unpaired) electrons. The minimum atomic E-state index is 0.0104. The molecule has 3 nitrogen and oxygen atoms in total. The molecule has 0 spiro atoms. The van der Waals surface area contributed by atoms with E-state index in [0.717, 1.165) is 29.7 Å². The summed E-state index contributed by atoms with van der Waals surface area (Å²) < 4.78 is 0. The molecule has 1 aliphatic rings. The van der Waals surface area contributed by atoms with Crippen LogP contribution in [0.4, 0.5) is 5.00 Å². The molecule has 1 saturated carbocycles. The summed E-state index contributed by atoms with van der Waals surface area (Å²) in [6.07, 6.45) is 3.08. The summed E-state index contributed by atoms with van der Waals surface area (Å²) in [5.41, 5.74) is 7.69. The van der Waals surface area contributed by atoms with E-state index >= 15 is 0 Å². The standard InChI is InChI=1S/C11H16N2OS/c1-3-8-6(2)15-10(12)9(8)11(14)13-7-4-5-7/h7H,3-5,12H2,1-2H3,(H,13,14). The first kappa shape index (κ1) is 10.5. The van der Waals surface area contributed by atoms with Crippen LogP contribution in [0.3, 0.4) is 0 Å². The Morgan fingerprint density at radius 3 is 2.80 bits per heavy atom. The van der Waals surface area contributed by atoms with Crippen LogP contribution in [-0.2, 0) is 6.42 Å². The van der Waals surface area contributed by atoms with Crippen molar-refractivity contribution in [3.63, 3.8) is 0 Å². The van der Waals surface area contributed by atoms with Gasteiger partial charge in [0.25, 0.3) is 5.91 Å². The Morgan fingerprint density at radius 1 is 1.60 bits per heavy atom. The SMILES string of the molecule is CCc1c(C)sc(N)c1C(=O)NC1CC1. The molecule has 1 aliphatic carbocycles. The first-order valence-electron chi connectivity index (χ1n) is 5.32. The van der Waals surface area contributed by atoms with Crippen molar-refractivity contribution in [3.05, 3.63) is 16.0 Å². The summed E-state index contributed by atoms with van der Waals surface area (Å²) in [5.74, 6) is 0.0104. The molecule has 1 heterocycles. The molecular formula is C11H16N2OS. The van der Waals surface area contributed by atoms with Gasteiger partial charge in [-0.2, -0.15) is 0 Å².